The number of benzene rings is 1. The smallest absolute Gasteiger partial charge is 0.128 e. The van der Waals surface area contributed by atoms with E-state index < -0.39 is 5.38 Å². The highest BCUT2D eigenvalue weighted by Crippen LogP contribution is 2.23. The van der Waals surface area contributed by atoms with Crippen LogP contribution in [-0.4, -0.2) is 0 Å². The Morgan fingerprint density at radius 2 is 2.09 bits per heavy atom. The van der Waals surface area contributed by atoms with Crippen LogP contribution in [0.4, 0.5) is 4.39 Å². The molecule has 0 amide bonds. The van der Waals surface area contributed by atoms with Crippen molar-refractivity contribution >= 4 is 11.6 Å². The molecule has 0 fully saturated rings. The summed E-state index contributed by atoms with van der Waals surface area (Å²) < 4.78 is 12.9. The maximum absolute atomic E-state index is 12.9. The van der Waals surface area contributed by atoms with E-state index in [9.17, 15) is 4.39 Å². The minimum absolute atomic E-state index is 0.285. The molecule has 0 radical (unpaired) electrons. The first-order valence-electron chi connectivity index (χ1n) is 3.26. The molecule has 0 aliphatic carbocycles. The molecule has 2 heteroatoms. The lowest BCUT2D eigenvalue weighted by molar-refractivity contribution is 0.613. The van der Waals surface area contributed by atoms with Crippen molar-refractivity contribution in [1.29, 1.82) is 0 Å². The number of hydrogen-bond donors (Lipinski definition) is 0. The van der Waals surface area contributed by atoms with Crippen LogP contribution in [-0.2, 0) is 0 Å². The third-order valence-electron chi connectivity index (χ3n) is 1.41. The lowest BCUT2D eigenvalue weighted by Gasteiger charge is -2.03. The molecule has 1 unspecified atom stereocenters. The summed E-state index contributed by atoms with van der Waals surface area (Å²) in [6.07, 6.45) is 1.50. The van der Waals surface area contributed by atoms with Crippen molar-refractivity contribution in [3.63, 3.8) is 0 Å². The Labute approximate surface area is 70.3 Å². The van der Waals surface area contributed by atoms with E-state index in [1.165, 1.54) is 12.1 Å². The van der Waals surface area contributed by atoms with E-state index >= 15 is 0 Å². The lowest BCUT2D eigenvalue weighted by atomic mass is 10.1. The zero-order chi connectivity index (χ0) is 8.27. The molecule has 1 aromatic carbocycles. The number of hydrogen-bond acceptors (Lipinski definition) is 0. The van der Waals surface area contributed by atoms with Crippen LogP contribution in [0.15, 0.2) is 36.9 Å². The first-order valence-corrected chi connectivity index (χ1v) is 3.70. The number of rotatable bonds is 2. The van der Waals surface area contributed by atoms with E-state index in [0.29, 0.717) is 5.56 Å². The molecule has 0 aromatic heterocycles. The van der Waals surface area contributed by atoms with Crippen LogP contribution in [0.2, 0.25) is 0 Å². The molecule has 1 atom stereocenters. The van der Waals surface area contributed by atoms with Gasteiger partial charge in [0, 0.05) is 5.56 Å². The average Bonchev–Trinajstić information content (AvgIpc) is 2.04. The molecule has 0 spiro atoms. The van der Waals surface area contributed by atoms with Crippen molar-refractivity contribution in [3.8, 4) is 0 Å². The van der Waals surface area contributed by atoms with Gasteiger partial charge in [-0.15, -0.1) is 18.2 Å². The van der Waals surface area contributed by atoms with Crippen LogP contribution in [0.1, 0.15) is 10.9 Å². The van der Waals surface area contributed by atoms with Gasteiger partial charge in [-0.05, 0) is 6.07 Å². The SMILES string of the molecule is C=CC(Cl)c1ccccc1F. The van der Waals surface area contributed by atoms with Crippen molar-refractivity contribution in [2.45, 2.75) is 5.38 Å². The Bertz CT molecular complexity index is 257. The maximum Gasteiger partial charge on any atom is 0.128 e. The molecular weight excluding hydrogens is 163 g/mol. The van der Waals surface area contributed by atoms with Gasteiger partial charge in [-0.1, -0.05) is 24.3 Å². The zero-order valence-corrected chi connectivity index (χ0v) is 6.68. The number of alkyl halides is 1. The molecule has 0 aliphatic heterocycles. The molecule has 11 heavy (non-hydrogen) atoms. The molecule has 0 bridgehead atoms. The summed E-state index contributed by atoms with van der Waals surface area (Å²) in [4.78, 5) is 0. The van der Waals surface area contributed by atoms with Gasteiger partial charge < -0.3 is 0 Å². The van der Waals surface area contributed by atoms with E-state index in [-0.39, 0.29) is 5.82 Å². The Morgan fingerprint density at radius 1 is 1.45 bits per heavy atom. The van der Waals surface area contributed by atoms with Gasteiger partial charge in [-0.25, -0.2) is 4.39 Å². The fourth-order valence-corrected chi connectivity index (χ4v) is 1.00. The van der Waals surface area contributed by atoms with Gasteiger partial charge in [0.2, 0.25) is 0 Å². The summed E-state index contributed by atoms with van der Waals surface area (Å²) >= 11 is 5.74. The normalized spacial score (nSPS) is 12.5. The predicted molar refractivity (Wildman–Crippen MR) is 45.2 cm³/mol. The van der Waals surface area contributed by atoms with Gasteiger partial charge in [0.25, 0.3) is 0 Å². The fraction of sp³-hybridized carbons (Fsp3) is 0.111. The van der Waals surface area contributed by atoms with Gasteiger partial charge in [-0.3, -0.25) is 0 Å². The van der Waals surface area contributed by atoms with Gasteiger partial charge in [0.05, 0.1) is 5.38 Å². The Hall–Kier alpha value is -0.820. The number of allylic oxidation sites excluding steroid dienone is 1. The second-order valence-corrected chi connectivity index (χ2v) is 2.63. The first-order chi connectivity index (χ1) is 5.25. The van der Waals surface area contributed by atoms with Crippen molar-refractivity contribution < 1.29 is 4.39 Å². The highest BCUT2D eigenvalue weighted by Gasteiger charge is 2.06. The van der Waals surface area contributed by atoms with E-state index in [2.05, 4.69) is 6.58 Å². The summed E-state index contributed by atoms with van der Waals surface area (Å²) in [5, 5.41) is -0.434. The predicted octanol–water partition coefficient (Wildman–Crippen LogP) is 3.29. The Kier molecular flexibility index (Phi) is 2.66. The van der Waals surface area contributed by atoms with E-state index in [4.69, 9.17) is 11.6 Å². The molecule has 0 aliphatic rings. The molecule has 0 N–H and O–H groups in total. The average molecular weight is 171 g/mol. The Morgan fingerprint density at radius 3 is 2.64 bits per heavy atom. The van der Waals surface area contributed by atoms with Crippen LogP contribution in [0, 0.1) is 5.82 Å². The van der Waals surface area contributed by atoms with Gasteiger partial charge >= 0.3 is 0 Å². The second kappa shape index (κ2) is 3.54. The van der Waals surface area contributed by atoms with Crippen molar-refractivity contribution in [2.24, 2.45) is 0 Å². The van der Waals surface area contributed by atoms with Crippen molar-refractivity contribution in [2.75, 3.05) is 0 Å². The molecule has 1 aromatic rings. The molecule has 58 valence electrons. The largest absolute Gasteiger partial charge is 0.207 e. The van der Waals surface area contributed by atoms with Gasteiger partial charge in [0.1, 0.15) is 5.82 Å². The van der Waals surface area contributed by atoms with Crippen LogP contribution in [0.25, 0.3) is 0 Å². The molecular formula is C9H8ClF. The lowest BCUT2D eigenvalue weighted by Crippen LogP contribution is -1.89. The fourth-order valence-electron chi connectivity index (χ4n) is 0.826. The van der Waals surface area contributed by atoms with E-state index in [0.717, 1.165) is 0 Å². The molecule has 0 heterocycles. The van der Waals surface area contributed by atoms with E-state index in [1.54, 1.807) is 18.2 Å². The molecule has 1 rings (SSSR count). The summed E-state index contributed by atoms with van der Waals surface area (Å²) in [5.74, 6) is -0.285. The summed E-state index contributed by atoms with van der Waals surface area (Å²) in [6.45, 7) is 3.48. The first kappa shape index (κ1) is 8.28. The molecule has 0 nitrogen and oxygen atoms in total. The van der Waals surface area contributed by atoms with Crippen LogP contribution >= 0.6 is 11.6 Å². The molecule has 0 saturated carbocycles. The monoisotopic (exact) mass is 170 g/mol. The summed E-state index contributed by atoms with van der Waals surface area (Å²) in [7, 11) is 0. The quantitative estimate of drug-likeness (QED) is 0.472. The van der Waals surface area contributed by atoms with Crippen LogP contribution < -0.4 is 0 Å². The Balaban J connectivity index is 3.02. The van der Waals surface area contributed by atoms with Crippen molar-refractivity contribution in [1.82, 2.24) is 0 Å². The van der Waals surface area contributed by atoms with Crippen LogP contribution in [0.3, 0.4) is 0 Å². The topological polar surface area (TPSA) is 0 Å². The highest BCUT2D eigenvalue weighted by molar-refractivity contribution is 6.21. The minimum Gasteiger partial charge on any atom is -0.207 e. The second-order valence-electron chi connectivity index (χ2n) is 2.16. The molecule has 0 saturated heterocycles. The highest BCUT2D eigenvalue weighted by atomic mass is 35.5. The standard InChI is InChI=1S/C9H8ClF/c1-2-8(10)7-5-3-4-6-9(7)11/h2-6,8H,1H2. The summed E-state index contributed by atoms with van der Waals surface area (Å²) in [5.41, 5.74) is 0.476. The van der Waals surface area contributed by atoms with Gasteiger partial charge in [-0.2, -0.15) is 0 Å². The van der Waals surface area contributed by atoms with Crippen molar-refractivity contribution in [3.05, 3.63) is 48.3 Å². The maximum atomic E-state index is 12.9. The zero-order valence-electron chi connectivity index (χ0n) is 5.93. The minimum atomic E-state index is -0.434. The third-order valence-corrected chi connectivity index (χ3v) is 1.82. The third kappa shape index (κ3) is 1.81. The number of halogens is 2. The van der Waals surface area contributed by atoms with Gasteiger partial charge in [0.15, 0.2) is 0 Å². The van der Waals surface area contributed by atoms with E-state index in [1.807, 2.05) is 0 Å². The van der Waals surface area contributed by atoms with Crippen LogP contribution in [0.5, 0.6) is 0 Å². The summed E-state index contributed by atoms with van der Waals surface area (Å²) in [6, 6.07) is 6.41.